The molecule has 0 amide bonds. The first-order chi connectivity index (χ1) is 17.7. The van der Waals surface area contributed by atoms with Crippen LogP contribution in [0.3, 0.4) is 0 Å². The highest BCUT2D eigenvalue weighted by molar-refractivity contribution is 5.85. The molecule has 0 aromatic heterocycles. The van der Waals surface area contributed by atoms with Crippen molar-refractivity contribution in [2.75, 3.05) is 26.9 Å². The second-order valence-electron chi connectivity index (χ2n) is 9.51. The van der Waals surface area contributed by atoms with Crippen LogP contribution in [-0.4, -0.2) is 32.5 Å². The Bertz CT molecular complexity index is 1050. The van der Waals surface area contributed by atoms with Gasteiger partial charge in [-0.3, -0.25) is 0 Å². The molecule has 3 aromatic carbocycles. The van der Waals surface area contributed by atoms with Gasteiger partial charge < -0.3 is 24.7 Å². The second kappa shape index (κ2) is 14.7. The van der Waals surface area contributed by atoms with Gasteiger partial charge in [-0.2, -0.15) is 0 Å². The topological polar surface area (TPSA) is 62.9 Å². The Hall–Kier alpha value is -2.89. The molecule has 1 aliphatic heterocycles. The lowest BCUT2D eigenvalue weighted by molar-refractivity contribution is 0.0404. The lowest BCUT2D eigenvalue weighted by atomic mass is 9.86. The minimum atomic E-state index is -0.300. The van der Waals surface area contributed by atoms with Gasteiger partial charge in [0.15, 0.2) is 11.5 Å². The summed E-state index contributed by atoms with van der Waals surface area (Å²) in [4.78, 5) is 0. The summed E-state index contributed by atoms with van der Waals surface area (Å²) >= 11 is 0. The monoisotopic (exact) mass is 525 g/mol. The van der Waals surface area contributed by atoms with E-state index in [4.69, 9.17) is 24.7 Å². The van der Waals surface area contributed by atoms with E-state index in [9.17, 15) is 0 Å². The van der Waals surface area contributed by atoms with Crippen LogP contribution in [0, 0.1) is 0 Å². The summed E-state index contributed by atoms with van der Waals surface area (Å²) in [6.07, 6.45) is 8.04. The molecule has 0 bridgehead atoms. The fraction of sp³-hybridized carbons (Fsp3) is 0.419. The number of unbranched alkanes of at least 4 members (excludes halogenated alkanes) is 2. The summed E-state index contributed by atoms with van der Waals surface area (Å²) < 4.78 is 23.6. The second-order valence-corrected chi connectivity index (χ2v) is 9.51. The Kier molecular flexibility index (Phi) is 11.4. The molecule has 1 heterocycles. The molecule has 5 nitrogen and oxygen atoms in total. The van der Waals surface area contributed by atoms with Crippen LogP contribution in [0.25, 0.3) is 0 Å². The number of para-hydroxylation sites is 2. The number of benzene rings is 3. The van der Waals surface area contributed by atoms with Crippen molar-refractivity contribution in [3.05, 3.63) is 83.9 Å². The van der Waals surface area contributed by atoms with Crippen molar-refractivity contribution in [3.63, 3.8) is 0 Å². The zero-order valence-electron chi connectivity index (χ0n) is 21.8. The highest BCUT2D eigenvalue weighted by Crippen LogP contribution is 2.41. The summed E-state index contributed by atoms with van der Waals surface area (Å²) in [5.41, 5.74) is 8.44. The molecular weight excluding hydrogens is 486 g/mol. The van der Waals surface area contributed by atoms with Gasteiger partial charge in [-0.05, 0) is 92.8 Å². The molecule has 0 fully saturated rings. The molecule has 2 N–H and O–H groups in total. The maximum absolute atomic E-state index is 6.47. The van der Waals surface area contributed by atoms with E-state index in [1.54, 1.807) is 7.11 Å². The van der Waals surface area contributed by atoms with E-state index in [0.717, 1.165) is 74.4 Å². The molecular formula is C31H40ClNO4. The van der Waals surface area contributed by atoms with Crippen molar-refractivity contribution < 1.29 is 18.9 Å². The average Bonchev–Trinajstić information content (AvgIpc) is 2.94. The van der Waals surface area contributed by atoms with Crippen LogP contribution in [-0.2, 0) is 12.8 Å². The zero-order chi connectivity index (χ0) is 25.1. The van der Waals surface area contributed by atoms with Crippen molar-refractivity contribution in [2.45, 2.75) is 57.0 Å². The number of nitrogens with two attached hydrogens (primary N) is 1. The molecule has 0 aliphatic carbocycles. The third kappa shape index (κ3) is 8.31. The molecule has 3 aromatic rings. The molecule has 0 saturated carbocycles. The number of ether oxygens (including phenoxy) is 4. The van der Waals surface area contributed by atoms with Crippen molar-refractivity contribution >= 4 is 12.4 Å². The van der Waals surface area contributed by atoms with Crippen LogP contribution in [0.15, 0.2) is 72.8 Å². The zero-order valence-corrected chi connectivity index (χ0v) is 22.6. The summed E-state index contributed by atoms with van der Waals surface area (Å²) in [5.74, 6) is 3.51. The fourth-order valence-electron chi connectivity index (χ4n) is 4.72. The molecule has 37 heavy (non-hydrogen) atoms. The maximum atomic E-state index is 6.47. The Morgan fingerprint density at radius 3 is 2.19 bits per heavy atom. The Balaban J connectivity index is 0.00000380. The number of rotatable bonds is 14. The third-order valence-corrected chi connectivity index (χ3v) is 6.91. The Morgan fingerprint density at radius 1 is 0.811 bits per heavy atom. The fourth-order valence-corrected chi connectivity index (χ4v) is 4.72. The lowest BCUT2D eigenvalue weighted by Crippen LogP contribution is -2.46. The van der Waals surface area contributed by atoms with Gasteiger partial charge in [0.05, 0.1) is 20.3 Å². The van der Waals surface area contributed by atoms with Crippen LogP contribution in [0.2, 0.25) is 0 Å². The SMILES string of the molecule is COc1cccc2c1O[C@](CN)(CCCCc1ccc(OCCCCOc3ccccc3)cc1)CC2.Cl. The molecule has 0 unspecified atom stereocenters. The summed E-state index contributed by atoms with van der Waals surface area (Å²) in [6, 6.07) is 24.5. The smallest absolute Gasteiger partial charge is 0.165 e. The predicted molar refractivity (Wildman–Crippen MR) is 152 cm³/mol. The van der Waals surface area contributed by atoms with Crippen LogP contribution in [0.5, 0.6) is 23.0 Å². The van der Waals surface area contributed by atoms with Crippen LogP contribution >= 0.6 is 12.4 Å². The van der Waals surface area contributed by atoms with Crippen molar-refractivity contribution in [1.29, 1.82) is 0 Å². The van der Waals surface area contributed by atoms with E-state index in [1.165, 1.54) is 11.1 Å². The van der Waals surface area contributed by atoms with Crippen molar-refractivity contribution in [3.8, 4) is 23.0 Å². The summed E-state index contributed by atoms with van der Waals surface area (Å²) in [7, 11) is 1.69. The number of hydrogen-bond donors (Lipinski definition) is 1. The first-order valence-corrected chi connectivity index (χ1v) is 13.2. The van der Waals surface area contributed by atoms with Gasteiger partial charge in [0.1, 0.15) is 17.1 Å². The average molecular weight is 526 g/mol. The minimum absolute atomic E-state index is 0. The molecule has 4 rings (SSSR count). The highest BCUT2D eigenvalue weighted by Gasteiger charge is 2.35. The number of halogens is 1. The molecule has 0 saturated heterocycles. The van der Waals surface area contributed by atoms with Crippen molar-refractivity contribution in [1.82, 2.24) is 0 Å². The van der Waals surface area contributed by atoms with Gasteiger partial charge in [0.25, 0.3) is 0 Å². The molecule has 0 radical (unpaired) electrons. The first kappa shape index (κ1) is 28.7. The van der Waals surface area contributed by atoms with E-state index < -0.39 is 0 Å². The van der Waals surface area contributed by atoms with Gasteiger partial charge in [0.2, 0.25) is 0 Å². The van der Waals surface area contributed by atoms with E-state index in [0.29, 0.717) is 19.8 Å². The minimum Gasteiger partial charge on any atom is -0.494 e. The van der Waals surface area contributed by atoms with E-state index in [2.05, 4.69) is 30.3 Å². The lowest BCUT2D eigenvalue weighted by Gasteiger charge is -2.38. The van der Waals surface area contributed by atoms with E-state index >= 15 is 0 Å². The largest absolute Gasteiger partial charge is 0.494 e. The predicted octanol–water partition coefficient (Wildman–Crippen LogP) is 6.79. The molecule has 1 atom stereocenters. The van der Waals surface area contributed by atoms with Gasteiger partial charge in [0, 0.05) is 6.54 Å². The van der Waals surface area contributed by atoms with Crippen LogP contribution < -0.4 is 24.7 Å². The standard InChI is InChI=1S/C31H39NO4.ClH/c1-33-29-14-9-11-26-19-21-31(24-32,36-30(26)29)20-6-5-10-25-15-17-28(18-16-25)35-23-8-7-22-34-27-12-3-2-4-13-27;/h2-4,9,11-18H,5-8,10,19-24,32H2,1H3;1H/t31-;/m1./s1. The van der Waals surface area contributed by atoms with E-state index in [1.807, 2.05) is 42.5 Å². The maximum Gasteiger partial charge on any atom is 0.165 e. The van der Waals surface area contributed by atoms with Crippen LogP contribution in [0.1, 0.15) is 49.7 Å². The Morgan fingerprint density at radius 2 is 1.51 bits per heavy atom. The highest BCUT2D eigenvalue weighted by atomic mass is 35.5. The van der Waals surface area contributed by atoms with Gasteiger partial charge in [-0.15, -0.1) is 12.4 Å². The normalized spacial score (nSPS) is 16.2. The van der Waals surface area contributed by atoms with Crippen LogP contribution in [0.4, 0.5) is 0 Å². The van der Waals surface area contributed by atoms with Gasteiger partial charge >= 0.3 is 0 Å². The summed E-state index contributed by atoms with van der Waals surface area (Å²) in [6.45, 7) is 1.93. The van der Waals surface area contributed by atoms with Gasteiger partial charge in [-0.25, -0.2) is 0 Å². The summed E-state index contributed by atoms with van der Waals surface area (Å²) in [5, 5.41) is 0. The first-order valence-electron chi connectivity index (χ1n) is 13.2. The third-order valence-electron chi connectivity index (χ3n) is 6.91. The number of methoxy groups -OCH3 is 1. The molecule has 0 spiro atoms. The molecule has 200 valence electrons. The number of fused-ring (bicyclic) bond motifs is 1. The number of hydrogen-bond acceptors (Lipinski definition) is 5. The van der Waals surface area contributed by atoms with Crippen molar-refractivity contribution in [2.24, 2.45) is 5.73 Å². The van der Waals surface area contributed by atoms with Gasteiger partial charge in [-0.1, -0.05) is 42.5 Å². The Labute approximate surface area is 227 Å². The van der Waals surface area contributed by atoms with E-state index in [-0.39, 0.29) is 18.0 Å². The molecule has 6 heteroatoms. The quantitative estimate of drug-likeness (QED) is 0.235. The molecule has 1 aliphatic rings. The number of aryl methyl sites for hydroxylation is 2.